The first-order valence-corrected chi connectivity index (χ1v) is 4.89. The van der Waals surface area contributed by atoms with E-state index < -0.39 is 11.7 Å². The zero-order chi connectivity index (χ0) is 11.5. The molecule has 0 saturated heterocycles. The fraction of sp³-hybridized carbons (Fsp3) is 0.273. The first kappa shape index (κ1) is 12.1. The van der Waals surface area contributed by atoms with Crippen LogP contribution in [-0.2, 0) is 6.18 Å². The zero-order valence-corrected chi connectivity index (χ0v) is 8.86. The smallest absolute Gasteiger partial charge is 0.166 e. The minimum Gasteiger partial charge on any atom is -0.166 e. The summed E-state index contributed by atoms with van der Waals surface area (Å²) < 4.78 is 37.2. The molecule has 0 nitrogen and oxygen atoms in total. The van der Waals surface area contributed by atoms with E-state index in [0.717, 1.165) is 11.6 Å². The summed E-state index contributed by atoms with van der Waals surface area (Å²) in [5.74, 6) is 0.347. The van der Waals surface area contributed by atoms with E-state index in [9.17, 15) is 13.2 Å². The molecule has 1 aromatic carbocycles. The van der Waals surface area contributed by atoms with Crippen molar-refractivity contribution in [2.45, 2.75) is 13.1 Å². The van der Waals surface area contributed by atoms with E-state index in [1.54, 1.807) is 12.2 Å². The van der Waals surface area contributed by atoms with Gasteiger partial charge in [-0.25, -0.2) is 0 Å². The highest BCUT2D eigenvalue weighted by molar-refractivity contribution is 6.19. The van der Waals surface area contributed by atoms with Gasteiger partial charge in [0.25, 0.3) is 0 Å². The van der Waals surface area contributed by atoms with Crippen molar-refractivity contribution in [3.63, 3.8) is 0 Å². The molecule has 0 heterocycles. The third kappa shape index (κ3) is 3.27. The van der Waals surface area contributed by atoms with Gasteiger partial charge in [0.1, 0.15) is 0 Å². The Bertz CT molecular complexity index is 367. The molecule has 1 rings (SSSR count). The summed E-state index contributed by atoms with van der Waals surface area (Å²) >= 11 is 5.43. The fourth-order valence-corrected chi connectivity index (χ4v) is 1.38. The topological polar surface area (TPSA) is 0 Å². The van der Waals surface area contributed by atoms with Crippen LogP contribution >= 0.6 is 11.6 Å². The van der Waals surface area contributed by atoms with Crippen LogP contribution in [0.15, 0.2) is 24.3 Å². The van der Waals surface area contributed by atoms with E-state index >= 15 is 0 Å². The van der Waals surface area contributed by atoms with Crippen molar-refractivity contribution in [2.75, 3.05) is 5.88 Å². The molecular weight excluding hydrogens is 225 g/mol. The predicted molar refractivity (Wildman–Crippen MR) is 55.9 cm³/mol. The van der Waals surface area contributed by atoms with Crippen molar-refractivity contribution in [3.8, 4) is 0 Å². The quantitative estimate of drug-likeness (QED) is 0.671. The number of allylic oxidation sites excluding steroid dienone is 1. The lowest BCUT2D eigenvalue weighted by atomic mass is 10.0. The highest BCUT2D eigenvalue weighted by atomic mass is 35.5. The molecule has 0 aliphatic heterocycles. The van der Waals surface area contributed by atoms with E-state index in [-0.39, 0.29) is 5.56 Å². The molecule has 0 amide bonds. The molecule has 0 unspecified atom stereocenters. The summed E-state index contributed by atoms with van der Waals surface area (Å²) in [6.07, 6.45) is -0.900. The van der Waals surface area contributed by atoms with E-state index in [4.69, 9.17) is 11.6 Å². The largest absolute Gasteiger partial charge is 0.416 e. The van der Waals surface area contributed by atoms with Gasteiger partial charge in [0.2, 0.25) is 0 Å². The van der Waals surface area contributed by atoms with Crippen LogP contribution in [0.4, 0.5) is 13.2 Å². The van der Waals surface area contributed by atoms with E-state index in [0.29, 0.717) is 5.88 Å². The number of hydrogen-bond acceptors (Lipinski definition) is 0. The number of aryl methyl sites for hydroxylation is 1. The molecule has 1 aromatic rings. The van der Waals surface area contributed by atoms with Crippen LogP contribution in [0.25, 0.3) is 6.08 Å². The maximum Gasteiger partial charge on any atom is 0.416 e. The third-order valence-corrected chi connectivity index (χ3v) is 2.13. The Morgan fingerprint density at radius 1 is 1.33 bits per heavy atom. The lowest BCUT2D eigenvalue weighted by molar-refractivity contribution is -0.138. The second-order valence-electron chi connectivity index (χ2n) is 3.13. The second-order valence-corrected chi connectivity index (χ2v) is 3.44. The van der Waals surface area contributed by atoms with Gasteiger partial charge < -0.3 is 0 Å². The molecule has 0 radical (unpaired) electrons. The highest BCUT2D eigenvalue weighted by Crippen LogP contribution is 2.32. The molecule has 0 saturated carbocycles. The number of hydrogen-bond donors (Lipinski definition) is 0. The molecule has 0 atom stereocenters. The van der Waals surface area contributed by atoms with Gasteiger partial charge in [-0.05, 0) is 24.1 Å². The summed E-state index contributed by atoms with van der Waals surface area (Å²) in [7, 11) is 0. The average Bonchev–Trinajstić information content (AvgIpc) is 2.12. The van der Waals surface area contributed by atoms with Crippen LogP contribution in [0, 0.1) is 6.92 Å². The maximum absolute atomic E-state index is 12.4. The normalized spacial score (nSPS) is 12.3. The van der Waals surface area contributed by atoms with Crippen molar-refractivity contribution >= 4 is 17.7 Å². The van der Waals surface area contributed by atoms with Gasteiger partial charge in [0, 0.05) is 5.88 Å². The minimum absolute atomic E-state index is 0.222. The molecule has 0 bridgehead atoms. The van der Waals surface area contributed by atoms with Gasteiger partial charge in [-0.15, -0.1) is 11.6 Å². The Labute approximate surface area is 91.4 Å². The Morgan fingerprint density at radius 2 is 2.00 bits per heavy atom. The molecule has 0 N–H and O–H groups in total. The molecule has 0 aromatic heterocycles. The van der Waals surface area contributed by atoms with Gasteiger partial charge in [-0.3, -0.25) is 0 Å². The molecule has 15 heavy (non-hydrogen) atoms. The van der Waals surface area contributed by atoms with Gasteiger partial charge in [0.05, 0.1) is 5.56 Å². The average molecular weight is 235 g/mol. The highest BCUT2D eigenvalue weighted by Gasteiger charge is 2.31. The van der Waals surface area contributed by atoms with Crippen molar-refractivity contribution in [3.05, 3.63) is 41.0 Å². The number of alkyl halides is 4. The van der Waals surface area contributed by atoms with E-state index in [1.165, 1.54) is 19.1 Å². The van der Waals surface area contributed by atoms with Crippen LogP contribution in [0.5, 0.6) is 0 Å². The molecule has 0 aliphatic carbocycles. The van der Waals surface area contributed by atoms with Crippen molar-refractivity contribution in [1.82, 2.24) is 0 Å². The number of halogens is 4. The number of rotatable bonds is 2. The van der Waals surface area contributed by atoms with Crippen molar-refractivity contribution in [1.29, 1.82) is 0 Å². The Balaban J connectivity index is 3.04. The third-order valence-electron chi connectivity index (χ3n) is 1.96. The van der Waals surface area contributed by atoms with Crippen molar-refractivity contribution < 1.29 is 13.2 Å². The molecule has 0 fully saturated rings. The molecule has 82 valence electrons. The van der Waals surface area contributed by atoms with Crippen molar-refractivity contribution in [2.24, 2.45) is 0 Å². The Hall–Kier alpha value is -0.960. The van der Waals surface area contributed by atoms with Gasteiger partial charge in [0.15, 0.2) is 0 Å². The fourth-order valence-electron chi connectivity index (χ4n) is 1.29. The molecule has 0 aliphatic rings. The summed E-state index contributed by atoms with van der Waals surface area (Å²) in [5.41, 5.74) is 0.353. The summed E-state index contributed by atoms with van der Waals surface area (Å²) in [5, 5.41) is 0. The predicted octanol–water partition coefficient (Wildman–Crippen LogP) is 4.27. The standard InChI is InChI=1S/C11H10ClF3/c1-8-7-9(3-2-6-12)4-5-10(8)11(13,14)15/h2-5,7H,6H2,1H3. The second kappa shape index (κ2) is 4.71. The SMILES string of the molecule is Cc1cc(C=CCCl)ccc1C(F)(F)F. The van der Waals surface area contributed by atoms with Crippen LogP contribution < -0.4 is 0 Å². The Morgan fingerprint density at radius 3 is 2.47 bits per heavy atom. The minimum atomic E-state index is -4.28. The summed E-state index contributed by atoms with van der Waals surface area (Å²) in [6.45, 7) is 1.45. The Kier molecular flexibility index (Phi) is 3.80. The molecular formula is C11H10ClF3. The lowest BCUT2D eigenvalue weighted by Crippen LogP contribution is -2.07. The van der Waals surface area contributed by atoms with E-state index in [1.807, 2.05) is 0 Å². The first-order chi connectivity index (χ1) is 6.95. The van der Waals surface area contributed by atoms with Crippen LogP contribution in [0.1, 0.15) is 16.7 Å². The van der Waals surface area contributed by atoms with Crippen LogP contribution in [0.2, 0.25) is 0 Å². The number of benzene rings is 1. The lowest BCUT2D eigenvalue weighted by Gasteiger charge is -2.10. The van der Waals surface area contributed by atoms with Gasteiger partial charge in [-0.2, -0.15) is 13.2 Å². The van der Waals surface area contributed by atoms with Crippen LogP contribution in [0.3, 0.4) is 0 Å². The maximum atomic E-state index is 12.4. The van der Waals surface area contributed by atoms with E-state index in [2.05, 4.69) is 0 Å². The van der Waals surface area contributed by atoms with Crippen LogP contribution in [-0.4, -0.2) is 5.88 Å². The zero-order valence-electron chi connectivity index (χ0n) is 8.11. The van der Waals surface area contributed by atoms with Gasteiger partial charge >= 0.3 is 6.18 Å². The monoisotopic (exact) mass is 234 g/mol. The summed E-state index contributed by atoms with van der Waals surface area (Å²) in [6, 6.07) is 4.01. The molecule has 0 spiro atoms. The first-order valence-electron chi connectivity index (χ1n) is 4.35. The summed E-state index contributed by atoms with van der Waals surface area (Å²) in [4.78, 5) is 0. The van der Waals surface area contributed by atoms with Gasteiger partial charge in [-0.1, -0.05) is 24.3 Å². The molecule has 4 heteroatoms.